The summed E-state index contributed by atoms with van der Waals surface area (Å²) in [6.07, 6.45) is 1.35. The van der Waals surface area contributed by atoms with Crippen LogP contribution in [0, 0.1) is 0 Å². The predicted molar refractivity (Wildman–Crippen MR) is 98.4 cm³/mol. The Bertz CT molecular complexity index is 800. The van der Waals surface area contributed by atoms with Crippen LogP contribution in [0.4, 0.5) is 5.69 Å². The van der Waals surface area contributed by atoms with Gasteiger partial charge in [-0.05, 0) is 41.8 Å². The van der Waals surface area contributed by atoms with Crippen molar-refractivity contribution in [2.75, 3.05) is 26.2 Å². The smallest absolute Gasteiger partial charge is 0.231 e. The number of aryl methyl sites for hydroxylation is 1. The van der Waals surface area contributed by atoms with E-state index in [9.17, 15) is 9.59 Å². The van der Waals surface area contributed by atoms with E-state index >= 15 is 0 Å². The van der Waals surface area contributed by atoms with Gasteiger partial charge in [0.1, 0.15) is 0 Å². The van der Waals surface area contributed by atoms with Crippen LogP contribution in [0.1, 0.15) is 17.5 Å². The molecule has 1 aliphatic heterocycles. The Balaban J connectivity index is 1.49. The molecule has 0 unspecified atom stereocenters. The van der Waals surface area contributed by atoms with Gasteiger partial charge in [0, 0.05) is 26.2 Å². The minimum absolute atomic E-state index is 0.0468. The van der Waals surface area contributed by atoms with Crippen LogP contribution in [0.15, 0.2) is 42.5 Å². The number of fused-ring (bicyclic) bond motifs is 1. The second-order valence-corrected chi connectivity index (χ2v) is 6.40. The lowest BCUT2D eigenvalue weighted by Crippen LogP contribution is -2.23. The number of carbonyl (C=O) groups is 2. The summed E-state index contributed by atoms with van der Waals surface area (Å²) in [5.74, 6) is 1.46. The maximum absolute atomic E-state index is 12.1. The van der Waals surface area contributed by atoms with E-state index in [-0.39, 0.29) is 18.6 Å². The first-order chi connectivity index (χ1) is 12.5. The minimum Gasteiger partial charge on any atom is -0.454 e. The van der Waals surface area contributed by atoms with E-state index in [1.54, 1.807) is 19.0 Å². The van der Waals surface area contributed by atoms with Crippen molar-refractivity contribution in [2.24, 2.45) is 0 Å². The number of benzene rings is 2. The van der Waals surface area contributed by atoms with Crippen LogP contribution in [0.5, 0.6) is 11.5 Å². The summed E-state index contributed by atoms with van der Waals surface area (Å²) < 4.78 is 10.6. The highest BCUT2D eigenvalue weighted by atomic mass is 16.7. The van der Waals surface area contributed by atoms with Crippen molar-refractivity contribution in [1.82, 2.24) is 4.90 Å². The first kappa shape index (κ1) is 17.8. The monoisotopic (exact) mass is 354 g/mol. The molecule has 0 atom stereocenters. The zero-order valence-electron chi connectivity index (χ0n) is 15.0. The lowest BCUT2D eigenvalue weighted by molar-refractivity contribution is -0.128. The zero-order chi connectivity index (χ0) is 18.5. The van der Waals surface area contributed by atoms with Gasteiger partial charge < -0.3 is 19.7 Å². The Morgan fingerprint density at radius 3 is 2.42 bits per heavy atom. The second kappa shape index (κ2) is 7.91. The van der Waals surface area contributed by atoms with Gasteiger partial charge in [0.25, 0.3) is 0 Å². The summed E-state index contributed by atoms with van der Waals surface area (Å²) in [7, 11) is 3.47. The molecule has 2 amide bonds. The molecule has 26 heavy (non-hydrogen) atoms. The molecule has 6 heteroatoms. The summed E-state index contributed by atoms with van der Waals surface area (Å²) >= 11 is 0. The van der Waals surface area contributed by atoms with Crippen LogP contribution in [0.3, 0.4) is 0 Å². The van der Waals surface area contributed by atoms with Crippen LogP contribution in [-0.2, 0) is 22.4 Å². The maximum atomic E-state index is 12.1. The molecule has 0 aliphatic carbocycles. The van der Waals surface area contributed by atoms with Crippen molar-refractivity contribution in [3.63, 3.8) is 0 Å². The molecule has 0 fully saturated rings. The molecule has 1 aliphatic rings. The third-order valence-corrected chi connectivity index (χ3v) is 4.17. The number of anilines is 1. The van der Waals surface area contributed by atoms with Crippen LogP contribution in [-0.4, -0.2) is 37.6 Å². The highest BCUT2D eigenvalue weighted by Gasteiger charge is 2.13. The molecular weight excluding hydrogens is 332 g/mol. The minimum atomic E-state index is -0.0558. The van der Waals surface area contributed by atoms with Gasteiger partial charge >= 0.3 is 0 Å². The molecule has 1 heterocycles. The highest BCUT2D eigenvalue weighted by Crippen LogP contribution is 2.32. The predicted octanol–water partition coefficient (Wildman–Crippen LogP) is 2.62. The van der Waals surface area contributed by atoms with Gasteiger partial charge in [-0.2, -0.15) is 0 Å². The van der Waals surface area contributed by atoms with Crippen molar-refractivity contribution in [2.45, 2.75) is 19.3 Å². The van der Waals surface area contributed by atoms with E-state index < -0.39 is 0 Å². The number of ether oxygens (including phenoxy) is 2. The summed E-state index contributed by atoms with van der Waals surface area (Å²) in [4.78, 5) is 25.4. The van der Waals surface area contributed by atoms with Crippen LogP contribution in [0.25, 0.3) is 0 Å². The van der Waals surface area contributed by atoms with E-state index in [0.29, 0.717) is 19.3 Å². The standard InChI is InChI=1S/C20H22N2O4/c1-22(2)20(24)12-15-3-7-16(8-4-15)21-19(23)10-6-14-5-9-17-18(11-14)26-13-25-17/h3-5,7-9,11H,6,10,12-13H2,1-2H3,(H,21,23). The van der Waals surface area contributed by atoms with Crippen molar-refractivity contribution in [1.29, 1.82) is 0 Å². The fourth-order valence-electron chi connectivity index (χ4n) is 2.62. The number of likely N-dealkylation sites (N-methyl/N-ethyl adjacent to an activating group) is 1. The lowest BCUT2D eigenvalue weighted by atomic mass is 10.1. The van der Waals surface area contributed by atoms with Gasteiger partial charge in [-0.25, -0.2) is 0 Å². The van der Waals surface area contributed by atoms with Gasteiger partial charge in [-0.3, -0.25) is 9.59 Å². The molecule has 2 aromatic carbocycles. The van der Waals surface area contributed by atoms with E-state index in [1.165, 1.54) is 0 Å². The number of nitrogens with zero attached hydrogens (tertiary/aromatic N) is 1. The second-order valence-electron chi connectivity index (χ2n) is 6.40. The van der Waals surface area contributed by atoms with Gasteiger partial charge in [-0.15, -0.1) is 0 Å². The molecule has 0 radical (unpaired) electrons. The van der Waals surface area contributed by atoms with E-state index in [2.05, 4.69) is 5.32 Å². The summed E-state index contributed by atoms with van der Waals surface area (Å²) in [6, 6.07) is 13.1. The Morgan fingerprint density at radius 1 is 1.00 bits per heavy atom. The Morgan fingerprint density at radius 2 is 1.69 bits per heavy atom. The molecule has 6 nitrogen and oxygen atoms in total. The largest absolute Gasteiger partial charge is 0.454 e. The molecule has 2 aromatic rings. The van der Waals surface area contributed by atoms with Crippen molar-refractivity contribution >= 4 is 17.5 Å². The highest BCUT2D eigenvalue weighted by molar-refractivity contribution is 5.91. The van der Waals surface area contributed by atoms with Gasteiger partial charge in [0.2, 0.25) is 18.6 Å². The maximum Gasteiger partial charge on any atom is 0.231 e. The molecule has 3 rings (SSSR count). The number of nitrogens with one attached hydrogen (secondary N) is 1. The number of amides is 2. The van der Waals surface area contributed by atoms with Crippen LogP contribution in [0.2, 0.25) is 0 Å². The summed E-state index contributed by atoms with van der Waals surface area (Å²) in [5, 5.41) is 2.88. The molecule has 1 N–H and O–H groups in total. The number of hydrogen-bond donors (Lipinski definition) is 1. The van der Waals surface area contributed by atoms with Gasteiger partial charge in [0.15, 0.2) is 11.5 Å². The van der Waals surface area contributed by atoms with E-state index in [4.69, 9.17) is 9.47 Å². The molecular formula is C20H22N2O4. The SMILES string of the molecule is CN(C)C(=O)Cc1ccc(NC(=O)CCc2ccc3c(c2)OCO3)cc1. The van der Waals surface area contributed by atoms with Crippen LogP contribution < -0.4 is 14.8 Å². The van der Waals surface area contributed by atoms with E-state index in [0.717, 1.165) is 28.3 Å². The molecule has 0 saturated carbocycles. The zero-order valence-corrected chi connectivity index (χ0v) is 15.0. The number of hydrogen-bond acceptors (Lipinski definition) is 4. The quantitative estimate of drug-likeness (QED) is 0.866. The van der Waals surface area contributed by atoms with Gasteiger partial charge in [-0.1, -0.05) is 18.2 Å². The summed E-state index contributed by atoms with van der Waals surface area (Å²) in [6.45, 7) is 0.245. The van der Waals surface area contributed by atoms with Gasteiger partial charge in [0.05, 0.1) is 6.42 Å². The number of rotatable bonds is 6. The summed E-state index contributed by atoms with van der Waals surface area (Å²) in [5.41, 5.74) is 2.67. The van der Waals surface area contributed by atoms with Crippen LogP contribution >= 0.6 is 0 Å². The third-order valence-electron chi connectivity index (χ3n) is 4.17. The molecule has 136 valence electrons. The Hall–Kier alpha value is -3.02. The molecule has 0 bridgehead atoms. The van der Waals surface area contributed by atoms with Crippen molar-refractivity contribution in [3.8, 4) is 11.5 Å². The topological polar surface area (TPSA) is 67.9 Å². The molecule has 0 saturated heterocycles. The molecule has 0 spiro atoms. The van der Waals surface area contributed by atoms with Crippen molar-refractivity contribution in [3.05, 3.63) is 53.6 Å². The van der Waals surface area contributed by atoms with E-state index in [1.807, 2.05) is 42.5 Å². The average molecular weight is 354 g/mol. The fourth-order valence-corrected chi connectivity index (χ4v) is 2.62. The fraction of sp³-hybridized carbons (Fsp3) is 0.300. The normalized spacial score (nSPS) is 11.9. The first-order valence-electron chi connectivity index (χ1n) is 8.49. The third kappa shape index (κ3) is 4.53. The lowest BCUT2D eigenvalue weighted by Gasteiger charge is -2.10. The Labute approximate surface area is 152 Å². The number of carbonyl (C=O) groups excluding carboxylic acids is 2. The van der Waals surface area contributed by atoms with Crippen molar-refractivity contribution < 1.29 is 19.1 Å². The average Bonchev–Trinajstić information content (AvgIpc) is 3.09. The Kier molecular flexibility index (Phi) is 5.41. The molecule has 0 aromatic heterocycles. The first-order valence-corrected chi connectivity index (χ1v) is 8.49.